The van der Waals surface area contributed by atoms with Crippen molar-refractivity contribution in [1.29, 1.82) is 0 Å². The summed E-state index contributed by atoms with van der Waals surface area (Å²) < 4.78 is 0. The first-order valence-corrected chi connectivity index (χ1v) is 5.42. The van der Waals surface area contributed by atoms with E-state index in [4.69, 9.17) is 5.11 Å². The highest BCUT2D eigenvalue weighted by Gasteiger charge is 2.09. The minimum Gasteiger partial charge on any atom is -0.481 e. The maximum absolute atomic E-state index is 11.3. The van der Waals surface area contributed by atoms with E-state index in [1.165, 1.54) is 24.3 Å². The predicted octanol–water partition coefficient (Wildman–Crippen LogP) is 1.20. The third-order valence-corrected chi connectivity index (χ3v) is 2.19. The second-order valence-corrected chi connectivity index (χ2v) is 3.58. The molecule has 1 amide bonds. The Balaban J connectivity index is 2.63. The van der Waals surface area contributed by atoms with Crippen molar-refractivity contribution in [1.82, 2.24) is 5.32 Å². The molecule has 0 aliphatic heterocycles. The molecule has 0 bridgehead atoms. The van der Waals surface area contributed by atoms with Crippen molar-refractivity contribution in [2.24, 2.45) is 0 Å². The van der Waals surface area contributed by atoms with E-state index in [9.17, 15) is 19.7 Å². The molecule has 7 heteroatoms. The summed E-state index contributed by atoms with van der Waals surface area (Å²) in [6.45, 7) is 0.00932. The minimum absolute atomic E-state index is 0.00932. The minimum atomic E-state index is -1.01. The smallest absolute Gasteiger partial charge is 0.305 e. The molecule has 2 N–H and O–H groups in total. The summed E-state index contributed by atoms with van der Waals surface area (Å²) >= 11 is 0. The van der Waals surface area contributed by atoms with Crippen LogP contribution in [-0.4, -0.2) is 28.5 Å². The Labute approximate surface area is 108 Å². The zero-order chi connectivity index (χ0) is 14.3. The van der Waals surface area contributed by atoms with E-state index in [1.54, 1.807) is 6.07 Å². The molecule has 0 aliphatic carbocycles. The van der Waals surface area contributed by atoms with Gasteiger partial charge >= 0.3 is 5.97 Å². The molecule has 0 unspecified atom stereocenters. The van der Waals surface area contributed by atoms with Crippen LogP contribution >= 0.6 is 0 Å². The molecule has 100 valence electrons. The maximum Gasteiger partial charge on any atom is 0.305 e. The van der Waals surface area contributed by atoms with Crippen molar-refractivity contribution < 1.29 is 19.6 Å². The molecule has 1 aromatic carbocycles. The SMILES string of the molecule is O=C(O)CCNC(=O)/C=C/c1ccccc1[N+](=O)[O-]. The van der Waals surface area contributed by atoms with Gasteiger partial charge in [0, 0.05) is 18.7 Å². The molecule has 0 fully saturated rings. The van der Waals surface area contributed by atoms with Crippen LogP contribution in [0.25, 0.3) is 6.08 Å². The third-order valence-electron chi connectivity index (χ3n) is 2.19. The van der Waals surface area contributed by atoms with Crippen molar-refractivity contribution in [2.75, 3.05) is 6.54 Å². The number of rotatable bonds is 6. The number of nitrogens with one attached hydrogen (secondary N) is 1. The van der Waals surface area contributed by atoms with Gasteiger partial charge in [0.2, 0.25) is 5.91 Å². The number of carbonyl (C=O) groups excluding carboxylic acids is 1. The maximum atomic E-state index is 11.3. The molecule has 0 aliphatic rings. The molecule has 0 radical (unpaired) electrons. The van der Waals surface area contributed by atoms with Crippen LogP contribution in [0.15, 0.2) is 30.3 Å². The van der Waals surface area contributed by atoms with Gasteiger partial charge in [-0.3, -0.25) is 19.7 Å². The first-order chi connectivity index (χ1) is 9.00. The molecular formula is C12H12N2O5. The van der Waals surface area contributed by atoms with Crippen LogP contribution in [0.5, 0.6) is 0 Å². The number of carbonyl (C=O) groups is 2. The fraction of sp³-hybridized carbons (Fsp3) is 0.167. The Bertz CT molecular complexity index is 525. The first kappa shape index (κ1) is 14.4. The fourth-order valence-electron chi connectivity index (χ4n) is 1.31. The Kier molecular flexibility index (Phi) is 5.21. The Morgan fingerprint density at radius 2 is 2.05 bits per heavy atom. The van der Waals surface area contributed by atoms with E-state index < -0.39 is 16.8 Å². The number of nitro benzene ring substituents is 1. The van der Waals surface area contributed by atoms with E-state index in [0.717, 1.165) is 6.08 Å². The first-order valence-electron chi connectivity index (χ1n) is 5.42. The number of carboxylic acids is 1. The molecule has 0 aromatic heterocycles. The van der Waals surface area contributed by atoms with E-state index >= 15 is 0 Å². The fourth-order valence-corrected chi connectivity index (χ4v) is 1.31. The average molecular weight is 264 g/mol. The highest BCUT2D eigenvalue weighted by atomic mass is 16.6. The molecule has 0 saturated carbocycles. The van der Waals surface area contributed by atoms with Gasteiger partial charge in [0.1, 0.15) is 0 Å². The summed E-state index contributed by atoms with van der Waals surface area (Å²) in [7, 11) is 0. The van der Waals surface area contributed by atoms with Crippen LogP contribution < -0.4 is 5.32 Å². The number of aliphatic carboxylic acids is 1. The molecule has 0 spiro atoms. The van der Waals surface area contributed by atoms with E-state index in [0.29, 0.717) is 5.56 Å². The standard InChI is InChI=1S/C12H12N2O5/c15-11(13-8-7-12(16)17)6-5-9-3-1-2-4-10(9)14(18)19/h1-6H,7-8H2,(H,13,15)(H,16,17)/b6-5+. The quantitative estimate of drug-likeness (QED) is 0.455. The van der Waals surface area contributed by atoms with E-state index in [1.807, 2.05) is 0 Å². The van der Waals surface area contributed by atoms with Crippen LogP contribution in [0.2, 0.25) is 0 Å². The van der Waals surface area contributed by atoms with E-state index in [2.05, 4.69) is 5.32 Å². The molecule has 1 aromatic rings. The Hall–Kier alpha value is -2.70. The highest BCUT2D eigenvalue weighted by molar-refractivity contribution is 5.92. The van der Waals surface area contributed by atoms with Crippen molar-refractivity contribution in [3.63, 3.8) is 0 Å². The van der Waals surface area contributed by atoms with Gasteiger partial charge in [-0.05, 0) is 12.1 Å². The number of para-hydroxylation sites is 1. The lowest BCUT2D eigenvalue weighted by Gasteiger charge is -1.99. The van der Waals surface area contributed by atoms with Crippen molar-refractivity contribution >= 4 is 23.6 Å². The van der Waals surface area contributed by atoms with Gasteiger partial charge in [0.05, 0.1) is 16.9 Å². The summed E-state index contributed by atoms with van der Waals surface area (Å²) in [5.41, 5.74) is 0.206. The van der Waals surface area contributed by atoms with Crippen molar-refractivity contribution in [2.45, 2.75) is 6.42 Å². The van der Waals surface area contributed by atoms with Gasteiger partial charge in [-0.25, -0.2) is 0 Å². The lowest BCUT2D eigenvalue weighted by molar-refractivity contribution is -0.385. The van der Waals surface area contributed by atoms with Gasteiger partial charge in [-0.2, -0.15) is 0 Å². The molecular weight excluding hydrogens is 252 g/mol. The molecule has 19 heavy (non-hydrogen) atoms. The van der Waals surface area contributed by atoms with Gasteiger partial charge in [0.15, 0.2) is 0 Å². The summed E-state index contributed by atoms with van der Waals surface area (Å²) in [5, 5.41) is 21.5. The summed E-state index contributed by atoms with van der Waals surface area (Å²) in [4.78, 5) is 31.7. The topological polar surface area (TPSA) is 110 Å². The Morgan fingerprint density at radius 3 is 2.68 bits per heavy atom. The van der Waals surface area contributed by atoms with Crippen LogP contribution in [-0.2, 0) is 9.59 Å². The van der Waals surface area contributed by atoms with Crippen molar-refractivity contribution in [3.05, 3.63) is 46.0 Å². The van der Waals surface area contributed by atoms with Gasteiger partial charge in [0.25, 0.3) is 5.69 Å². The number of carboxylic acid groups (broad SMARTS) is 1. The molecule has 0 atom stereocenters. The largest absolute Gasteiger partial charge is 0.481 e. The van der Waals surface area contributed by atoms with Crippen LogP contribution in [0.1, 0.15) is 12.0 Å². The summed E-state index contributed by atoms with van der Waals surface area (Å²) in [6, 6.07) is 6.00. The number of hydrogen-bond acceptors (Lipinski definition) is 4. The molecule has 0 heterocycles. The number of benzene rings is 1. The molecule has 1 rings (SSSR count). The van der Waals surface area contributed by atoms with Crippen molar-refractivity contribution in [3.8, 4) is 0 Å². The molecule has 0 saturated heterocycles. The average Bonchev–Trinajstić information content (AvgIpc) is 2.36. The Morgan fingerprint density at radius 1 is 1.37 bits per heavy atom. The summed E-state index contributed by atoms with van der Waals surface area (Å²) in [6.07, 6.45) is 2.27. The highest BCUT2D eigenvalue weighted by Crippen LogP contribution is 2.18. The lowest BCUT2D eigenvalue weighted by Crippen LogP contribution is -2.23. The van der Waals surface area contributed by atoms with E-state index in [-0.39, 0.29) is 18.7 Å². The number of amides is 1. The lowest BCUT2D eigenvalue weighted by atomic mass is 10.1. The van der Waals surface area contributed by atoms with Gasteiger partial charge < -0.3 is 10.4 Å². The van der Waals surface area contributed by atoms with Crippen LogP contribution in [0.3, 0.4) is 0 Å². The number of nitrogens with zero attached hydrogens (tertiary/aromatic N) is 1. The summed E-state index contributed by atoms with van der Waals surface area (Å²) in [5.74, 6) is -1.51. The van der Waals surface area contributed by atoms with Gasteiger partial charge in [-0.15, -0.1) is 0 Å². The van der Waals surface area contributed by atoms with Gasteiger partial charge in [-0.1, -0.05) is 12.1 Å². The normalized spacial score (nSPS) is 10.3. The molecule has 7 nitrogen and oxygen atoms in total. The number of nitro groups is 1. The second-order valence-electron chi connectivity index (χ2n) is 3.58. The van der Waals surface area contributed by atoms with Crippen LogP contribution in [0, 0.1) is 10.1 Å². The second kappa shape index (κ2) is 6.90. The third kappa shape index (κ3) is 4.99. The zero-order valence-corrected chi connectivity index (χ0v) is 9.91. The zero-order valence-electron chi connectivity index (χ0n) is 9.91. The number of hydrogen-bond donors (Lipinski definition) is 2. The predicted molar refractivity (Wildman–Crippen MR) is 67.4 cm³/mol. The monoisotopic (exact) mass is 264 g/mol. The van der Waals surface area contributed by atoms with Crippen LogP contribution in [0.4, 0.5) is 5.69 Å².